The third-order valence-electron chi connectivity index (χ3n) is 4.82. The maximum Gasteiger partial charge on any atom is 0.0208 e. The summed E-state index contributed by atoms with van der Waals surface area (Å²) in [7, 11) is 0. The van der Waals surface area contributed by atoms with E-state index in [2.05, 4.69) is 84.1 Å². The standard InChI is InChI=1S/C21H37N/c1-8-12-18(20(2,3)4)15-19(21(5,6)7)22-16-17-13-10-9-11-14-17/h9-11,13-14,18-19,22H,8,12,15-16H2,1-7H3. The van der Waals surface area contributed by atoms with Crippen LogP contribution in [0.4, 0.5) is 0 Å². The van der Waals surface area contributed by atoms with Crippen molar-refractivity contribution < 1.29 is 0 Å². The molecule has 0 aliphatic rings. The van der Waals surface area contributed by atoms with Crippen LogP contribution in [0.1, 0.15) is 73.3 Å². The Kier molecular flexibility index (Phi) is 7.12. The zero-order valence-corrected chi connectivity index (χ0v) is 15.9. The van der Waals surface area contributed by atoms with Crippen LogP contribution in [0, 0.1) is 16.7 Å². The smallest absolute Gasteiger partial charge is 0.0208 e. The number of hydrogen-bond donors (Lipinski definition) is 1. The fourth-order valence-corrected chi connectivity index (χ4v) is 3.12. The van der Waals surface area contributed by atoms with Crippen molar-refractivity contribution in [1.82, 2.24) is 5.32 Å². The monoisotopic (exact) mass is 303 g/mol. The second-order valence-corrected chi connectivity index (χ2v) is 8.87. The van der Waals surface area contributed by atoms with E-state index < -0.39 is 0 Å². The Bertz CT molecular complexity index is 408. The van der Waals surface area contributed by atoms with Crippen molar-refractivity contribution in [2.24, 2.45) is 16.7 Å². The van der Waals surface area contributed by atoms with E-state index >= 15 is 0 Å². The fourth-order valence-electron chi connectivity index (χ4n) is 3.12. The molecule has 126 valence electrons. The summed E-state index contributed by atoms with van der Waals surface area (Å²) >= 11 is 0. The molecule has 2 atom stereocenters. The number of nitrogens with one attached hydrogen (secondary N) is 1. The van der Waals surface area contributed by atoms with E-state index in [1.807, 2.05) is 0 Å². The van der Waals surface area contributed by atoms with Gasteiger partial charge in [-0.25, -0.2) is 0 Å². The molecule has 1 aromatic carbocycles. The highest BCUT2D eigenvalue weighted by Crippen LogP contribution is 2.36. The first kappa shape index (κ1) is 19.2. The molecule has 1 nitrogen and oxygen atoms in total. The van der Waals surface area contributed by atoms with Crippen LogP contribution >= 0.6 is 0 Å². The molecular formula is C21H37N. The summed E-state index contributed by atoms with van der Waals surface area (Å²) in [6.07, 6.45) is 3.86. The van der Waals surface area contributed by atoms with Gasteiger partial charge in [-0.1, -0.05) is 91.6 Å². The van der Waals surface area contributed by atoms with Crippen molar-refractivity contribution in [3.05, 3.63) is 35.9 Å². The summed E-state index contributed by atoms with van der Waals surface area (Å²) in [5.74, 6) is 0.769. The molecule has 1 rings (SSSR count). The molecule has 0 saturated carbocycles. The van der Waals surface area contributed by atoms with E-state index in [0.29, 0.717) is 11.5 Å². The zero-order valence-electron chi connectivity index (χ0n) is 15.9. The van der Waals surface area contributed by atoms with E-state index in [0.717, 1.165) is 12.5 Å². The van der Waals surface area contributed by atoms with Crippen molar-refractivity contribution >= 4 is 0 Å². The maximum absolute atomic E-state index is 3.84. The van der Waals surface area contributed by atoms with Crippen molar-refractivity contribution in [2.75, 3.05) is 0 Å². The molecule has 1 heteroatoms. The first-order chi connectivity index (χ1) is 10.1. The van der Waals surface area contributed by atoms with Crippen LogP contribution < -0.4 is 5.32 Å². The Balaban J connectivity index is 2.76. The highest BCUT2D eigenvalue weighted by Gasteiger charge is 2.31. The van der Waals surface area contributed by atoms with E-state index in [1.165, 1.54) is 24.8 Å². The van der Waals surface area contributed by atoms with Crippen LogP contribution in [0.15, 0.2) is 30.3 Å². The first-order valence-corrected chi connectivity index (χ1v) is 8.92. The zero-order chi connectivity index (χ0) is 16.8. The van der Waals surface area contributed by atoms with E-state index in [1.54, 1.807) is 0 Å². The minimum Gasteiger partial charge on any atom is -0.309 e. The second kappa shape index (κ2) is 8.15. The van der Waals surface area contributed by atoms with Crippen molar-refractivity contribution in [3.8, 4) is 0 Å². The van der Waals surface area contributed by atoms with E-state index in [-0.39, 0.29) is 5.41 Å². The van der Waals surface area contributed by atoms with Gasteiger partial charge in [0.05, 0.1) is 0 Å². The van der Waals surface area contributed by atoms with Gasteiger partial charge in [0.1, 0.15) is 0 Å². The molecule has 0 spiro atoms. The number of hydrogen-bond acceptors (Lipinski definition) is 1. The molecule has 22 heavy (non-hydrogen) atoms. The Morgan fingerprint density at radius 2 is 1.50 bits per heavy atom. The van der Waals surface area contributed by atoms with Crippen molar-refractivity contribution in [1.29, 1.82) is 0 Å². The average molecular weight is 304 g/mol. The lowest BCUT2D eigenvalue weighted by molar-refractivity contribution is 0.145. The van der Waals surface area contributed by atoms with Crippen LogP contribution in [0.3, 0.4) is 0 Å². The third kappa shape index (κ3) is 6.52. The minimum absolute atomic E-state index is 0.284. The van der Waals surface area contributed by atoms with Crippen LogP contribution in [0.25, 0.3) is 0 Å². The molecular weight excluding hydrogens is 266 g/mol. The van der Waals surface area contributed by atoms with Crippen LogP contribution in [0.5, 0.6) is 0 Å². The van der Waals surface area contributed by atoms with Gasteiger partial charge in [-0.15, -0.1) is 0 Å². The SMILES string of the molecule is CCCC(CC(NCc1ccccc1)C(C)(C)C)C(C)(C)C. The van der Waals surface area contributed by atoms with Crippen molar-refractivity contribution in [2.45, 2.75) is 80.3 Å². The summed E-state index contributed by atoms with van der Waals surface area (Å²) in [5, 5.41) is 3.84. The average Bonchev–Trinajstić information content (AvgIpc) is 2.40. The van der Waals surface area contributed by atoms with E-state index in [4.69, 9.17) is 0 Å². The fraction of sp³-hybridized carbons (Fsp3) is 0.714. The van der Waals surface area contributed by atoms with E-state index in [9.17, 15) is 0 Å². The van der Waals surface area contributed by atoms with Gasteiger partial charge in [-0.05, 0) is 28.7 Å². The molecule has 0 aliphatic carbocycles. The van der Waals surface area contributed by atoms with Gasteiger partial charge in [0, 0.05) is 12.6 Å². The minimum atomic E-state index is 0.284. The van der Waals surface area contributed by atoms with Crippen LogP contribution in [-0.4, -0.2) is 6.04 Å². The molecule has 0 saturated heterocycles. The van der Waals surface area contributed by atoms with Gasteiger partial charge < -0.3 is 5.32 Å². The van der Waals surface area contributed by atoms with Gasteiger partial charge >= 0.3 is 0 Å². The largest absolute Gasteiger partial charge is 0.309 e. The third-order valence-corrected chi connectivity index (χ3v) is 4.82. The summed E-state index contributed by atoms with van der Waals surface area (Å²) in [6.45, 7) is 17.5. The van der Waals surface area contributed by atoms with Crippen LogP contribution in [0.2, 0.25) is 0 Å². The molecule has 0 bridgehead atoms. The van der Waals surface area contributed by atoms with Crippen LogP contribution in [-0.2, 0) is 6.54 Å². The molecule has 0 radical (unpaired) electrons. The Morgan fingerprint density at radius 1 is 0.909 bits per heavy atom. The van der Waals surface area contributed by atoms with Gasteiger partial charge in [-0.3, -0.25) is 0 Å². The molecule has 1 N–H and O–H groups in total. The normalized spacial score (nSPS) is 15.6. The topological polar surface area (TPSA) is 12.0 Å². The summed E-state index contributed by atoms with van der Waals surface area (Å²) in [6, 6.07) is 11.3. The van der Waals surface area contributed by atoms with Gasteiger partial charge in [-0.2, -0.15) is 0 Å². The molecule has 0 heterocycles. The maximum atomic E-state index is 3.84. The Hall–Kier alpha value is -0.820. The molecule has 0 aliphatic heterocycles. The highest BCUT2D eigenvalue weighted by atomic mass is 14.9. The lowest BCUT2D eigenvalue weighted by atomic mass is 9.71. The predicted octanol–water partition coefficient (Wildman–Crippen LogP) is 6.04. The van der Waals surface area contributed by atoms with Crippen molar-refractivity contribution in [3.63, 3.8) is 0 Å². The number of rotatable bonds is 7. The molecule has 2 unspecified atom stereocenters. The molecule has 0 aromatic heterocycles. The van der Waals surface area contributed by atoms with Gasteiger partial charge in [0.2, 0.25) is 0 Å². The predicted molar refractivity (Wildman–Crippen MR) is 99.0 cm³/mol. The quantitative estimate of drug-likeness (QED) is 0.647. The highest BCUT2D eigenvalue weighted by molar-refractivity contribution is 5.14. The summed E-state index contributed by atoms with van der Waals surface area (Å²) in [4.78, 5) is 0. The Labute approximate surface area is 138 Å². The summed E-state index contributed by atoms with van der Waals surface area (Å²) in [5.41, 5.74) is 2.04. The molecule has 0 amide bonds. The summed E-state index contributed by atoms with van der Waals surface area (Å²) < 4.78 is 0. The Morgan fingerprint density at radius 3 is 1.95 bits per heavy atom. The molecule has 1 aromatic rings. The lowest BCUT2D eigenvalue weighted by Gasteiger charge is -2.39. The number of benzene rings is 1. The van der Waals surface area contributed by atoms with Gasteiger partial charge in [0.15, 0.2) is 0 Å². The first-order valence-electron chi connectivity index (χ1n) is 8.92. The van der Waals surface area contributed by atoms with Gasteiger partial charge in [0.25, 0.3) is 0 Å². The second-order valence-electron chi connectivity index (χ2n) is 8.87. The lowest BCUT2D eigenvalue weighted by Crippen LogP contribution is -2.43. The molecule has 0 fully saturated rings.